The predicted molar refractivity (Wildman–Crippen MR) is 85.4 cm³/mol. The van der Waals surface area contributed by atoms with Crippen LogP contribution in [-0.4, -0.2) is 31.3 Å². The lowest BCUT2D eigenvalue weighted by atomic mass is 10.0. The van der Waals surface area contributed by atoms with Gasteiger partial charge in [0, 0.05) is 0 Å². The van der Waals surface area contributed by atoms with Gasteiger partial charge in [-0.15, -0.1) is 5.10 Å². The third-order valence-corrected chi connectivity index (χ3v) is 3.57. The van der Waals surface area contributed by atoms with Gasteiger partial charge in [0.15, 0.2) is 0 Å². The van der Waals surface area contributed by atoms with Gasteiger partial charge in [-0.05, 0) is 33.7 Å². The molecule has 1 atom stereocenters. The summed E-state index contributed by atoms with van der Waals surface area (Å²) in [5.41, 5.74) is 1.88. The molecule has 1 unspecified atom stereocenters. The van der Waals surface area contributed by atoms with Crippen LogP contribution in [0.25, 0.3) is 0 Å². The van der Waals surface area contributed by atoms with E-state index in [-0.39, 0.29) is 6.42 Å². The maximum Gasteiger partial charge on any atom is 0.305 e. The van der Waals surface area contributed by atoms with Gasteiger partial charge in [0.25, 0.3) is 0 Å². The highest BCUT2D eigenvalue weighted by Gasteiger charge is 2.18. The normalized spacial score (nSPS) is 11.8. The van der Waals surface area contributed by atoms with Gasteiger partial charge in [0.05, 0.1) is 12.5 Å². The van der Waals surface area contributed by atoms with Gasteiger partial charge in [-0.1, -0.05) is 42.5 Å². The van der Waals surface area contributed by atoms with E-state index in [1.54, 1.807) is 0 Å². The van der Waals surface area contributed by atoms with Crippen molar-refractivity contribution >= 4 is 5.97 Å². The van der Waals surface area contributed by atoms with Gasteiger partial charge in [0.1, 0.15) is 18.7 Å². The molecule has 1 heterocycles. The van der Waals surface area contributed by atoms with E-state index in [2.05, 4.69) is 15.5 Å². The Kier molecular flexibility index (Phi) is 4.81. The Bertz CT molecular complexity index is 773. The minimum Gasteiger partial charge on any atom is -0.489 e. The number of tetrazole rings is 1. The van der Waals surface area contributed by atoms with E-state index in [1.807, 2.05) is 54.6 Å². The van der Waals surface area contributed by atoms with E-state index >= 15 is 0 Å². The van der Waals surface area contributed by atoms with Gasteiger partial charge in [-0.2, -0.15) is 0 Å². The molecule has 0 aliphatic heterocycles. The van der Waals surface area contributed by atoms with Crippen LogP contribution >= 0.6 is 0 Å². The second-order valence-electron chi connectivity index (χ2n) is 5.25. The van der Waals surface area contributed by atoms with E-state index < -0.39 is 12.0 Å². The maximum atomic E-state index is 11.1. The van der Waals surface area contributed by atoms with Crippen LogP contribution in [0.2, 0.25) is 0 Å². The Hall–Kier alpha value is -3.22. The standard InChI is InChI=1S/C17H16N4O3/c22-17(23)10-16(21-12-18-19-20-21)14-6-8-15(9-7-14)24-11-13-4-2-1-3-5-13/h1-9,12,16H,10-11H2,(H,22,23). The van der Waals surface area contributed by atoms with Crippen molar-refractivity contribution in [2.45, 2.75) is 19.1 Å². The summed E-state index contributed by atoms with van der Waals surface area (Å²) in [6, 6.07) is 16.7. The Morgan fingerprint density at radius 3 is 2.50 bits per heavy atom. The van der Waals surface area contributed by atoms with Crippen LogP contribution < -0.4 is 4.74 Å². The van der Waals surface area contributed by atoms with E-state index in [0.29, 0.717) is 12.4 Å². The summed E-state index contributed by atoms with van der Waals surface area (Å²) < 4.78 is 7.17. The average molecular weight is 324 g/mol. The van der Waals surface area contributed by atoms with Crippen molar-refractivity contribution in [3.05, 3.63) is 72.1 Å². The molecule has 0 amide bonds. The van der Waals surface area contributed by atoms with Gasteiger partial charge >= 0.3 is 5.97 Å². The molecule has 122 valence electrons. The number of carboxylic acids is 1. The molecule has 7 heteroatoms. The summed E-state index contributed by atoms with van der Waals surface area (Å²) in [4.78, 5) is 11.1. The first-order valence-electron chi connectivity index (χ1n) is 7.43. The van der Waals surface area contributed by atoms with Crippen LogP contribution in [0.4, 0.5) is 0 Å². The fraction of sp³-hybridized carbons (Fsp3) is 0.176. The molecule has 1 N–H and O–H groups in total. The smallest absolute Gasteiger partial charge is 0.305 e. The van der Waals surface area contributed by atoms with Crippen molar-refractivity contribution in [1.29, 1.82) is 0 Å². The highest BCUT2D eigenvalue weighted by Crippen LogP contribution is 2.23. The molecule has 0 saturated heterocycles. The van der Waals surface area contributed by atoms with Gasteiger partial charge < -0.3 is 9.84 Å². The van der Waals surface area contributed by atoms with Crippen LogP contribution in [0.3, 0.4) is 0 Å². The lowest BCUT2D eigenvalue weighted by molar-refractivity contribution is -0.137. The summed E-state index contributed by atoms with van der Waals surface area (Å²) in [5.74, 6) is -0.201. The van der Waals surface area contributed by atoms with Crippen LogP contribution in [-0.2, 0) is 11.4 Å². The van der Waals surface area contributed by atoms with E-state index in [4.69, 9.17) is 9.84 Å². The number of carboxylic acid groups (broad SMARTS) is 1. The van der Waals surface area contributed by atoms with Gasteiger partial charge in [0.2, 0.25) is 0 Å². The average Bonchev–Trinajstić information content (AvgIpc) is 3.13. The molecule has 7 nitrogen and oxygen atoms in total. The molecule has 0 aliphatic carbocycles. The number of ether oxygens (including phenoxy) is 1. The molecule has 0 bridgehead atoms. The molecule has 2 aromatic carbocycles. The van der Waals surface area contributed by atoms with Crippen LogP contribution in [0.1, 0.15) is 23.6 Å². The van der Waals surface area contributed by atoms with Crippen molar-refractivity contribution in [2.75, 3.05) is 0 Å². The zero-order chi connectivity index (χ0) is 16.8. The fourth-order valence-corrected chi connectivity index (χ4v) is 2.37. The highest BCUT2D eigenvalue weighted by atomic mass is 16.5. The largest absolute Gasteiger partial charge is 0.489 e. The van der Waals surface area contributed by atoms with Crippen molar-refractivity contribution in [3.63, 3.8) is 0 Å². The SMILES string of the molecule is O=C(O)CC(c1ccc(OCc2ccccc2)cc1)n1cnnn1. The lowest BCUT2D eigenvalue weighted by Crippen LogP contribution is -2.15. The number of carbonyl (C=O) groups is 1. The molecule has 1 aromatic heterocycles. The number of aliphatic carboxylic acids is 1. The Balaban J connectivity index is 1.71. The molecule has 3 aromatic rings. The molecule has 3 rings (SSSR count). The van der Waals surface area contributed by atoms with Gasteiger partial charge in [-0.3, -0.25) is 4.79 Å². The first-order valence-corrected chi connectivity index (χ1v) is 7.43. The molecule has 0 radical (unpaired) electrons. The van der Waals surface area contributed by atoms with Crippen molar-refractivity contribution < 1.29 is 14.6 Å². The summed E-state index contributed by atoms with van der Waals surface area (Å²) in [5, 5.41) is 20.1. The third-order valence-electron chi connectivity index (χ3n) is 3.57. The Morgan fingerprint density at radius 2 is 1.88 bits per heavy atom. The molecule has 0 spiro atoms. The topological polar surface area (TPSA) is 90.1 Å². The van der Waals surface area contributed by atoms with Crippen LogP contribution in [0.5, 0.6) is 5.75 Å². The maximum absolute atomic E-state index is 11.1. The molecule has 0 saturated carbocycles. The third kappa shape index (κ3) is 3.95. The molecule has 24 heavy (non-hydrogen) atoms. The van der Waals surface area contributed by atoms with Crippen molar-refractivity contribution in [3.8, 4) is 5.75 Å². The molecule has 0 fully saturated rings. The van der Waals surface area contributed by atoms with Gasteiger partial charge in [-0.25, -0.2) is 4.68 Å². The molecular weight excluding hydrogens is 308 g/mol. The van der Waals surface area contributed by atoms with E-state index in [0.717, 1.165) is 11.1 Å². The zero-order valence-electron chi connectivity index (χ0n) is 12.8. The highest BCUT2D eigenvalue weighted by molar-refractivity contribution is 5.68. The van der Waals surface area contributed by atoms with Crippen LogP contribution in [0, 0.1) is 0 Å². The fourth-order valence-electron chi connectivity index (χ4n) is 2.37. The number of aromatic nitrogens is 4. The minimum atomic E-state index is -0.917. The van der Waals surface area contributed by atoms with E-state index in [9.17, 15) is 4.79 Å². The number of hydrogen-bond acceptors (Lipinski definition) is 5. The minimum absolute atomic E-state index is 0.102. The van der Waals surface area contributed by atoms with Crippen molar-refractivity contribution in [1.82, 2.24) is 20.2 Å². The number of rotatable bonds is 7. The summed E-state index contributed by atoms with van der Waals surface area (Å²) in [6.45, 7) is 0.478. The monoisotopic (exact) mass is 324 g/mol. The number of nitrogens with zero attached hydrogens (tertiary/aromatic N) is 4. The second kappa shape index (κ2) is 7.36. The number of hydrogen-bond donors (Lipinski definition) is 1. The zero-order valence-corrected chi connectivity index (χ0v) is 12.8. The summed E-state index contributed by atoms with van der Waals surface area (Å²) >= 11 is 0. The lowest BCUT2D eigenvalue weighted by Gasteiger charge is -2.15. The summed E-state index contributed by atoms with van der Waals surface area (Å²) in [6.07, 6.45) is 1.31. The first-order chi connectivity index (χ1) is 11.7. The number of benzene rings is 2. The quantitative estimate of drug-likeness (QED) is 0.717. The molecule has 0 aliphatic rings. The summed E-state index contributed by atoms with van der Waals surface area (Å²) in [7, 11) is 0. The Morgan fingerprint density at radius 1 is 1.12 bits per heavy atom. The predicted octanol–water partition coefficient (Wildman–Crippen LogP) is 2.32. The molecular formula is C17H16N4O3. The van der Waals surface area contributed by atoms with Crippen LogP contribution in [0.15, 0.2) is 60.9 Å². The second-order valence-corrected chi connectivity index (χ2v) is 5.25. The van der Waals surface area contributed by atoms with E-state index in [1.165, 1.54) is 11.0 Å². The Labute approximate surface area is 138 Å². The first kappa shape index (κ1) is 15.7. The van der Waals surface area contributed by atoms with Crippen molar-refractivity contribution in [2.24, 2.45) is 0 Å².